The molecule has 0 aliphatic heterocycles. The van der Waals surface area contributed by atoms with Gasteiger partial charge in [0.1, 0.15) is 8.07 Å². The first-order valence-electron chi connectivity index (χ1n) is 5.42. The highest BCUT2D eigenvalue weighted by Crippen LogP contribution is 2.13. The Bertz CT molecular complexity index is 484. The summed E-state index contributed by atoms with van der Waals surface area (Å²) >= 11 is 0. The average molecular weight is 244 g/mol. The predicted octanol–water partition coefficient (Wildman–Crippen LogP) is 3.04. The first-order chi connectivity index (χ1) is 7.88. The molecule has 0 heterocycles. The van der Waals surface area contributed by atoms with E-state index in [0.29, 0.717) is 5.57 Å². The lowest BCUT2D eigenvalue weighted by atomic mass is 10.1. The number of allylic oxidation sites excluding steroid dienone is 1. The maximum absolute atomic E-state index is 10.8. The lowest BCUT2D eigenvalue weighted by Crippen LogP contribution is -2.16. The Morgan fingerprint density at radius 2 is 1.82 bits per heavy atom. The zero-order chi connectivity index (χ0) is 12.9. The van der Waals surface area contributed by atoms with Gasteiger partial charge in [0, 0.05) is 11.6 Å². The molecule has 0 bridgehead atoms. The van der Waals surface area contributed by atoms with Gasteiger partial charge >= 0.3 is 5.97 Å². The minimum Gasteiger partial charge on any atom is -0.478 e. The molecule has 0 saturated carbocycles. The number of rotatable bonds is 2. The van der Waals surface area contributed by atoms with Gasteiger partial charge in [0.05, 0.1) is 0 Å². The quantitative estimate of drug-likeness (QED) is 0.493. The van der Waals surface area contributed by atoms with E-state index < -0.39 is 14.0 Å². The maximum Gasteiger partial charge on any atom is 0.329 e. The monoisotopic (exact) mass is 244 g/mol. The highest BCUT2D eigenvalue weighted by Gasteiger charge is 2.08. The summed E-state index contributed by atoms with van der Waals surface area (Å²) in [6.07, 6.45) is 1.17. The number of hydrogen-bond acceptors (Lipinski definition) is 1. The third kappa shape index (κ3) is 5.18. The van der Waals surface area contributed by atoms with Crippen molar-refractivity contribution in [1.29, 1.82) is 0 Å². The molecule has 2 nitrogen and oxygen atoms in total. The predicted molar refractivity (Wildman–Crippen MR) is 73.2 cm³/mol. The van der Waals surface area contributed by atoms with Gasteiger partial charge in [-0.2, -0.15) is 0 Å². The van der Waals surface area contributed by atoms with Gasteiger partial charge in [0.15, 0.2) is 0 Å². The van der Waals surface area contributed by atoms with Gasteiger partial charge in [0.2, 0.25) is 0 Å². The van der Waals surface area contributed by atoms with Crippen LogP contribution in [0.2, 0.25) is 19.6 Å². The van der Waals surface area contributed by atoms with E-state index in [9.17, 15) is 4.79 Å². The van der Waals surface area contributed by atoms with Crippen LogP contribution in [0.5, 0.6) is 0 Å². The lowest BCUT2D eigenvalue weighted by molar-refractivity contribution is -0.131. The van der Waals surface area contributed by atoms with Crippen molar-refractivity contribution in [2.45, 2.75) is 19.6 Å². The van der Waals surface area contributed by atoms with Crippen molar-refractivity contribution < 1.29 is 9.90 Å². The Kier molecular flexibility index (Phi) is 4.30. The lowest BCUT2D eigenvalue weighted by Gasteiger charge is -2.04. The molecule has 0 aromatic heterocycles. The second kappa shape index (κ2) is 5.51. The van der Waals surface area contributed by atoms with Gasteiger partial charge in [-0.25, -0.2) is 4.79 Å². The Labute approximate surface area is 103 Å². The molecule has 1 N–H and O–H groups in total. The van der Waals surface area contributed by atoms with Crippen molar-refractivity contribution in [3.8, 4) is 11.5 Å². The van der Waals surface area contributed by atoms with Crippen LogP contribution in [0.3, 0.4) is 0 Å². The second-order valence-corrected chi connectivity index (χ2v) is 9.51. The van der Waals surface area contributed by atoms with Crippen molar-refractivity contribution in [3.63, 3.8) is 0 Å². The van der Waals surface area contributed by atoms with Crippen LogP contribution in [0.1, 0.15) is 5.56 Å². The molecule has 1 rings (SSSR count). The largest absolute Gasteiger partial charge is 0.478 e. The van der Waals surface area contributed by atoms with Gasteiger partial charge < -0.3 is 5.11 Å². The highest BCUT2D eigenvalue weighted by atomic mass is 28.3. The summed E-state index contributed by atoms with van der Waals surface area (Å²) in [6, 6.07) is 9.39. The zero-order valence-corrected chi connectivity index (χ0v) is 11.3. The van der Waals surface area contributed by atoms with Crippen molar-refractivity contribution in [2.24, 2.45) is 0 Å². The fourth-order valence-corrected chi connectivity index (χ4v) is 1.70. The normalized spacial score (nSPS) is 11.6. The summed E-state index contributed by atoms with van der Waals surface area (Å²) in [7, 11) is -1.50. The Hall–Kier alpha value is -1.79. The summed E-state index contributed by atoms with van der Waals surface area (Å²) in [6.45, 7) is 6.39. The second-order valence-electron chi connectivity index (χ2n) is 4.76. The maximum atomic E-state index is 10.8. The van der Waals surface area contributed by atoms with Crippen molar-refractivity contribution >= 4 is 19.6 Å². The van der Waals surface area contributed by atoms with Gasteiger partial charge in [-0.15, -0.1) is 5.54 Å². The van der Waals surface area contributed by atoms with Crippen molar-refractivity contribution in [1.82, 2.24) is 0 Å². The molecule has 0 aliphatic carbocycles. The molecular formula is C14H16O2Si. The van der Waals surface area contributed by atoms with Crippen LogP contribution in [-0.4, -0.2) is 19.1 Å². The number of aliphatic carboxylic acids is 1. The van der Waals surface area contributed by atoms with Crippen LogP contribution in [0.15, 0.2) is 36.4 Å². The fraction of sp³-hybridized carbons (Fsp3) is 0.214. The minimum atomic E-state index is -1.50. The van der Waals surface area contributed by atoms with Crippen LogP contribution in [0, 0.1) is 11.5 Å². The molecule has 0 fully saturated rings. The summed E-state index contributed by atoms with van der Waals surface area (Å²) in [5, 5.41) is 8.84. The van der Waals surface area contributed by atoms with E-state index in [1.54, 1.807) is 0 Å². The Balaban J connectivity index is 3.15. The fourth-order valence-electron chi connectivity index (χ4n) is 1.19. The molecule has 0 amide bonds. The minimum absolute atomic E-state index is 0.570. The summed E-state index contributed by atoms with van der Waals surface area (Å²) in [5.41, 5.74) is 4.60. The van der Waals surface area contributed by atoms with Crippen LogP contribution in [0.25, 0.3) is 5.57 Å². The van der Waals surface area contributed by atoms with Gasteiger partial charge in [-0.1, -0.05) is 55.9 Å². The van der Waals surface area contributed by atoms with Crippen LogP contribution >= 0.6 is 0 Å². The number of carboxylic acid groups (broad SMARTS) is 1. The van der Waals surface area contributed by atoms with Crippen molar-refractivity contribution in [2.75, 3.05) is 0 Å². The molecule has 1 aromatic carbocycles. The molecule has 17 heavy (non-hydrogen) atoms. The first-order valence-corrected chi connectivity index (χ1v) is 8.92. The topological polar surface area (TPSA) is 37.3 Å². The summed E-state index contributed by atoms with van der Waals surface area (Å²) in [5.74, 6) is 2.04. The molecule has 0 saturated heterocycles. The van der Waals surface area contributed by atoms with Gasteiger partial charge in [-0.3, -0.25) is 0 Å². The van der Waals surface area contributed by atoms with E-state index in [4.69, 9.17) is 5.11 Å². The molecule has 3 heteroatoms. The third-order valence-corrected chi connectivity index (χ3v) is 2.80. The average Bonchev–Trinajstić information content (AvgIpc) is 2.24. The van der Waals surface area contributed by atoms with Crippen LogP contribution in [-0.2, 0) is 4.79 Å². The molecule has 88 valence electrons. The van der Waals surface area contributed by atoms with Gasteiger partial charge in [-0.05, 0) is 5.56 Å². The summed E-state index contributed by atoms with van der Waals surface area (Å²) in [4.78, 5) is 10.8. The zero-order valence-electron chi connectivity index (χ0n) is 10.3. The van der Waals surface area contributed by atoms with E-state index in [1.165, 1.54) is 6.08 Å². The SMILES string of the molecule is C[Si](C)(C)C#C/C(=C/C(=O)O)c1ccccc1. The van der Waals surface area contributed by atoms with E-state index in [-0.39, 0.29) is 0 Å². The van der Waals surface area contributed by atoms with E-state index in [0.717, 1.165) is 5.56 Å². The van der Waals surface area contributed by atoms with E-state index in [2.05, 4.69) is 31.1 Å². The van der Waals surface area contributed by atoms with Gasteiger partial charge in [0.25, 0.3) is 0 Å². The molecule has 1 aromatic rings. The van der Waals surface area contributed by atoms with E-state index in [1.807, 2.05) is 30.3 Å². The summed E-state index contributed by atoms with van der Waals surface area (Å²) < 4.78 is 0. The molecule has 0 unspecified atom stereocenters. The van der Waals surface area contributed by atoms with Crippen LogP contribution in [0.4, 0.5) is 0 Å². The standard InChI is InChI=1S/C14H16O2Si/c1-17(2,3)10-9-13(11-14(15)16)12-7-5-4-6-8-12/h4-8,11H,1-3H3,(H,15,16)/b13-11-. The van der Waals surface area contributed by atoms with E-state index >= 15 is 0 Å². The highest BCUT2D eigenvalue weighted by molar-refractivity contribution is 6.84. The smallest absolute Gasteiger partial charge is 0.329 e. The molecule has 0 aliphatic rings. The Morgan fingerprint density at radius 3 is 2.29 bits per heavy atom. The first kappa shape index (κ1) is 13.3. The Morgan fingerprint density at radius 1 is 1.24 bits per heavy atom. The number of carbonyl (C=O) groups is 1. The van der Waals surface area contributed by atoms with Crippen molar-refractivity contribution in [3.05, 3.63) is 42.0 Å². The number of hydrogen-bond donors (Lipinski definition) is 1. The molecule has 0 radical (unpaired) electrons. The molecule has 0 spiro atoms. The molecule has 0 atom stereocenters. The third-order valence-electron chi connectivity index (χ3n) is 1.92. The molecular weight excluding hydrogens is 228 g/mol. The number of carboxylic acids is 1. The number of benzene rings is 1. The van der Waals surface area contributed by atoms with Crippen LogP contribution < -0.4 is 0 Å².